The Balaban J connectivity index is 1.74. The van der Waals surface area contributed by atoms with Crippen LogP contribution in [0.4, 0.5) is 29.5 Å². The molecular formula is C17H19F3N4O. The van der Waals surface area contributed by atoms with Crippen LogP contribution < -0.4 is 10.6 Å². The summed E-state index contributed by atoms with van der Waals surface area (Å²) in [5, 5.41) is 9.10. The lowest BCUT2D eigenvalue weighted by Gasteiger charge is -2.11. The van der Waals surface area contributed by atoms with Crippen molar-refractivity contribution in [2.45, 2.75) is 38.9 Å². The topological polar surface area (TPSA) is 59.0 Å². The van der Waals surface area contributed by atoms with E-state index in [-0.39, 0.29) is 11.7 Å². The minimum absolute atomic E-state index is 0.0380. The summed E-state index contributed by atoms with van der Waals surface area (Å²) in [6.45, 7) is 2.69. The number of carbonyl (C=O) groups excluding carboxylic acids is 1. The standard InChI is InChI=1S/C17H19F3N4O/c1-10-3-5-12(6-4-10)21-16(25)22-15-8-14(13-7-11(13)2)23-24(15)9-17(18,19)20/h3-6,8,11,13H,7,9H2,1-2H3,(H2,21,22,25). The number of nitrogens with zero attached hydrogens (tertiary/aromatic N) is 2. The van der Waals surface area contributed by atoms with E-state index < -0.39 is 18.8 Å². The van der Waals surface area contributed by atoms with Gasteiger partial charge in [-0.1, -0.05) is 24.6 Å². The molecule has 1 aromatic carbocycles. The van der Waals surface area contributed by atoms with E-state index in [1.165, 1.54) is 6.07 Å². The first kappa shape index (κ1) is 17.3. The highest BCUT2D eigenvalue weighted by Crippen LogP contribution is 2.46. The maximum absolute atomic E-state index is 12.8. The Morgan fingerprint density at radius 2 is 1.92 bits per heavy atom. The van der Waals surface area contributed by atoms with Gasteiger partial charge in [-0.15, -0.1) is 0 Å². The van der Waals surface area contributed by atoms with E-state index in [9.17, 15) is 18.0 Å². The SMILES string of the molecule is Cc1ccc(NC(=O)Nc2cc(C3CC3C)nn2CC(F)(F)F)cc1. The first-order valence-electron chi connectivity index (χ1n) is 8.00. The van der Waals surface area contributed by atoms with Gasteiger partial charge in [0, 0.05) is 17.7 Å². The predicted octanol–water partition coefficient (Wildman–Crippen LogP) is 4.52. The van der Waals surface area contributed by atoms with Gasteiger partial charge in [-0.25, -0.2) is 9.48 Å². The molecule has 1 saturated carbocycles. The molecule has 134 valence electrons. The fourth-order valence-corrected chi connectivity index (χ4v) is 2.66. The number of hydrogen-bond acceptors (Lipinski definition) is 2. The van der Waals surface area contributed by atoms with E-state index in [0.29, 0.717) is 17.3 Å². The highest BCUT2D eigenvalue weighted by Gasteiger charge is 2.38. The maximum Gasteiger partial charge on any atom is 0.408 e. The highest BCUT2D eigenvalue weighted by molar-refractivity contribution is 5.99. The molecule has 5 nitrogen and oxygen atoms in total. The van der Waals surface area contributed by atoms with Crippen LogP contribution in [0.2, 0.25) is 0 Å². The third-order valence-corrected chi connectivity index (χ3v) is 4.17. The van der Waals surface area contributed by atoms with Crippen molar-refractivity contribution < 1.29 is 18.0 Å². The number of aromatic nitrogens is 2. The van der Waals surface area contributed by atoms with Gasteiger partial charge in [-0.3, -0.25) is 5.32 Å². The summed E-state index contributed by atoms with van der Waals surface area (Å²) in [6.07, 6.45) is -3.51. The molecule has 3 rings (SSSR count). The largest absolute Gasteiger partial charge is 0.408 e. The number of urea groups is 1. The minimum Gasteiger partial charge on any atom is -0.308 e. The molecule has 1 aliphatic carbocycles. The average molecular weight is 352 g/mol. The number of rotatable bonds is 4. The molecule has 0 saturated heterocycles. The van der Waals surface area contributed by atoms with Crippen LogP contribution in [-0.4, -0.2) is 22.0 Å². The van der Waals surface area contributed by atoms with Gasteiger partial charge in [0.25, 0.3) is 0 Å². The second-order valence-corrected chi connectivity index (χ2v) is 6.49. The van der Waals surface area contributed by atoms with Crippen molar-refractivity contribution in [2.24, 2.45) is 5.92 Å². The first-order chi connectivity index (χ1) is 11.7. The molecule has 8 heteroatoms. The molecule has 0 spiro atoms. The number of amides is 2. The molecule has 2 aromatic rings. The zero-order valence-corrected chi connectivity index (χ0v) is 13.9. The number of alkyl halides is 3. The second kappa shape index (κ2) is 6.42. The molecule has 0 aliphatic heterocycles. The zero-order chi connectivity index (χ0) is 18.2. The number of carbonyl (C=O) groups is 1. The van der Waals surface area contributed by atoms with Gasteiger partial charge in [-0.2, -0.15) is 18.3 Å². The van der Waals surface area contributed by atoms with E-state index in [2.05, 4.69) is 15.7 Å². The van der Waals surface area contributed by atoms with Crippen molar-refractivity contribution >= 4 is 17.5 Å². The summed E-state index contributed by atoms with van der Waals surface area (Å²) < 4.78 is 39.1. The van der Waals surface area contributed by atoms with Crippen molar-refractivity contribution in [2.75, 3.05) is 10.6 Å². The quantitative estimate of drug-likeness (QED) is 0.850. The van der Waals surface area contributed by atoms with E-state index >= 15 is 0 Å². The van der Waals surface area contributed by atoms with Crippen molar-refractivity contribution in [3.05, 3.63) is 41.6 Å². The molecule has 1 fully saturated rings. The third-order valence-electron chi connectivity index (χ3n) is 4.17. The highest BCUT2D eigenvalue weighted by atomic mass is 19.4. The van der Waals surface area contributed by atoms with E-state index in [1.807, 2.05) is 26.0 Å². The van der Waals surface area contributed by atoms with Crippen molar-refractivity contribution in [1.82, 2.24) is 9.78 Å². The molecule has 25 heavy (non-hydrogen) atoms. The van der Waals surface area contributed by atoms with E-state index in [0.717, 1.165) is 16.7 Å². The summed E-state index contributed by atoms with van der Waals surface area (Å²) in [4.78, 5) is 12.1. The summed E-state index contributed by atoms with van der Waals surface area (Å²) >= 11 is 0. The van der Waals surface area contributed by atoms with Crippen LogP contribution >= 0.6 is 0 Å². The number of nitrogens with one attached hydrogen (secondary N) is 2. The third kappa shape index (κ3) is 4.52. The van der Waals surface area contributed by atoms with Gasteiger partial charge >= 0.3 is 12.2 Å². The molecule has 2 N–H and O–H groups in total. The number of hydrogen-bond donors (Lipinski definition) is 2. The van der Waals surface area contributed by atoms with Crippen LogP contribution in [0.1, 0.15) is 30.5 Å². The summed E-state index contributed by atoms with van der Waals surface area (Å²) in [5.74, 6) is 0.606. The number of aryl methyl sites for hydroxylation is 1. The van der Waals surface area contributed by atoms with Crippen molar-refractivity contribution in [1.29, 1.82) is 0 Å². The van der Waals surface area contributed by atoms with Gasteiger partial charge in [0.2, 0.25) is 0 Å². The molecular weight excluding hydrogens is 333 g/mol. The van der Waals surface area contributed by atoms with Gasteiger partial charge in [-0.05, 0) is 31.4 Å². The Morgan fingerprint density at radius 3 is 2.48 bits per heavy atom. The molecule has 1 heterocycles. The van der Waals surface area contributed by atoms with Gasteiger partial charge in [0.1, 0.15) is 12.4 Å². The van der Waals surface area contributed by atoms with Crippen molar-refractivity contribution in [3.63, 3.8) is 0 Å². The maximum atomic E-state index is 12.8. The fraction of sp³-hybridized carbons (Fsp3) is 0.412. The Bertz CT molecular complexity index is 767. The Hall–Kier alpha value is -2.51. The van der Waals surface area contributed by atoms with E-state index in [4.69, 9.17) is 0 Å². The van der Waals surface area contributed by atoms with Crippen LogP contribution in [0.15, 0.2) is 30.3 Å². The molecule has 2 unspecified atom stereocenters. The van der Waals surface area contributed by atoms with Crippen LogP contribution in [0, 0.1) is 12.8 Å². The predicted molar refractivity (Wildman–Crippen MR) is 88.6 cm³/mol. The zero-order valence-electron chi connectivity index (χ0n) is 13.9. The van der Waals surface area contributed by atoms with E-state index in [1.54, 1.807) is 12.1 Å². The lowest BCUT2D eigenvalue weighted by molar-refractivity contribution is -0.142. The average Bonchev–Trinajstić information content (AvgIpc) is 3.11. The molecule has 2 amide bonds. The molecule has 0 bridgehead atoms. The number of halogens is 3. The Labute approximate surface area is 143 Å². The first-order valence-corrected chi connectivity index (χ1v) is 8.00. The van der Waals surface area contributed by atoms with Gasteiger partial charge in [0.05, 0.1) is 5.69 Å². The number of benzene rings is 1. The van der Waals surface area contributed by atoms with Crippen molar-refractivity contribution in [3.8, 4) is 0 Å². The van der Waals surface area contributed by atoms with Gasteiger partial charge in [0.15, 0.2) is 0 Å². The summed E-state index contributed by atoms with van der Waals surface area (Å²) in [7, 11) is 0. The molecule has 2 atom stereocenters. The van der Waals surface area contributed by atoms with Crippen LogP contribution in [0.5, 0.6) is 0 Å². The lowest BCUT2D eigenvalue weighted by atomic mass is 10.2. The Kier molecular flexibility index (Phi) is 4.45. The van der Waals surface area contributed by atoms with Crippen LogP contribution in [0.25, 0.3) is 0 Å². The van der Waals surface area contributed by atoms with Crippen LogP contribution in [-0.2, 0) is 6.54 Å². The smallest absolute Gasteiger partial charge is 0.308 e. The molecule has 1 aromatic heterocycles. The Morgan fingerprint density at radius 1 is 1.28 bits per heavy atom. The summed E-state index contributed by atoms with van der Waals surface area (Å²) in [5.41, 5.74) is 2.18. The number of anilines is 2. The van der Waals surface area contributed by atoms with Gasteiger partial charge < -0.3 is 5.32 Å². The lowest BCUT2D eigenvalue weighted by Crippen LogP contribution is -2.25. The normalized spacial score (nSPS) is 19.6. The minimum atomic E-state index is -4.41. The monoisotopic (exact) mass is 352 g/mol. The van der Waals surface area contributed by atoms with Crippen LogP contribution in [0.3, 0.4) is 0 Å². The summed E-state index contributed by atoms with van der Waals surface area (Å²) in [6, 6.07) is 8.02. The fourth-order valence-electron chi connectivity index (χ4n) is 2.66. The molecule has 0 radical (unpaired) electrons. The second-order valence-electron chi connectivity index (χ2n) is 6.49. The molecule has 1 aliphatic rings.